The van der Waals surface area contributed by atoms with Crippen molar-refractivity contribution in [1.82, 2.24) is 19.8 Å². The second-order valence-electron chi connectivity index (χ2n) is 7.16. The molecule has 3 N–H and O–H groups in total. The molecule has 0 atom stereocenters. The molecule has 0 aliphatic carbocycles. The number of benzene rings is 2. The number of nitrogens with zero attached hydrogens (tertiary/aromatic N) is 4. The van der Waals surface area contributed by atoms with E-state index in [1.165, 1.54) is 0 Å². The van der Waals surface area contributed by atoms with E-state index in [0.29, 0.717) is 18.2 Å². The molecule has 1 aliphatic heterocycles. The van der Waals surface area contributed by atoms with Crippen molar-refractivity contribution in [1.29, 1.82) is 0 Å². The van der Waals surface area contributed by atoms with E-state index in [0.717, 1.165) is 48.3 Å². The molecular formula is C21H24N6O. The molecule has 0 radical (unpaired) electrons. The summed E-state index contributed by atoms with van der Waals surface area (Å²) in [5, 5.41) is 3.82. The minimum absolute atomic E-state index is 0.0133. The predicted molar refractivity (Wildman–Crippen MR) is 112 cm³/mol. The van der Waals surface area contributed by atoms with E-state index in [1.54, 1.807) is 0 Å². The lowest BCUT2D eigenvalue weighted by Crippen LogP contribution is -2.47. The fourth-order valence-corrected chi connectivity index (χ4v) is 3.38. The average molecular weight is 376 g/mol. The van der Waals surface area contributed by atoms with Crippen LogP contribution < -0.4 is 11.1 Å². The molecule has 28 heavy (non-hydrogen) atoms. The van der Waals surface area contributed by atoms with Gasteiger partial charge in [0.2, 0.25) is 5.91 Å². The number of piperazine rings is 1. The number of carbonyl (C=O) groups is 1. The van der Waals surface area contributed by atoms with Gasteiger partial charge in [-0.1, -0.05) is 24.3 Å². The maximum Gasteiger partial charge on any atom is 0.238 e. The lowest BCUT2D eigenvalue weighted by molar-refractivity contribution is -0.117. The molecule has 2 heterocycles. The van der Waals surface area contributed by atoms with Crippen molar-refractivity contribution in [3.8, 4) is 11.4 Å². The molecule has 1 saturated heterocycles. The Balaban J connectivity index is 1.49. The van der Waals surface area contributed by atoms with Crippen LogP contribution in [0.3, 0.4) is 0 Å². The highest BCUT2D eigenvalue weighted by Gasteiger charge is 2.16. The maximum atomic E-state index is 12.4. The summed E-state index contributed by atoms with van der Waals surface area (Å²) in [5.41, 5.74) is 8.44. The van der Waals surface area contributed by atoms with Crippen LogP contribution in [0.15, 0.2) is 48.5 Å². The van der Waals surface area contributed by atoms with E-state index >= 15 is 0 Å². The molecule has 7 heteroatoms. The molecule has 1 aromatic heterocycles. The second kappa shape index (κ2) is 7.92. The Kier molecular flexibility index (Phi) is 5.18. The van der Waals surface area contributed by atoms with E-state index in [9.17, 15) is 4.79 Å². The van der Waals surface area contributed by atoms with Gasteiger partial charge in [-0.15, -0.1) is 0 Å². The van der Waals surface area contributed by atoms with E-state index in [2.05, 4.69) is 32.1 Å². The molecule has 4 rings (SSSR count). The van der Waals surface area contributed by atoms with Crippen molar-refractivity contribution in [2.24, 2.45) is 0 Å². The summed E-state index contributed by atoms with van der Waals surface area (Å²) in [7, 11) is 2.10. The Morgan fingerprint density at radius 2 is 1.86 bits per heavy atom. The number of para-hydroxylation sites is 1. The zero-order chi connectivity index (χ0) is 19.5. The molecule has 0 unspecified atom stereocenters. The van der Waals surface area contributed by atoms with Crippen LogP contribution >= 0.6 is 0 Å². The molecule has 0 bridgehead atoms. The van der Waals surface area contributed by atoms with Crippen molar-refractivity contribution in [2.75, 3.05) is 50.8 Å². The Hall–Kier alpha value is -3.03. The summed E-state index contributed by atoms with van der Waals surface area (Å²) < 4.78 is 0. The van der Waals surface area contributed by atoms with Gasteiger partial charge in [-0.3, -0.25) is 9.69 Å². The first-order valence-electron chi connectivity index (χ1n) is 9.42. The molecule has 7 nitrogen and oxygen atoms in total. The molecule has 2 aromatic carbocycles. The van der Waals surface area contributed by atoms with Crippen LogP contribution in [0.1, 0.15) is 0 Å². The van der Waals surface area contributed by atoms with Gasteiger partial charge in [0.15, 0.2) is 5.82 Å². The van der Waals surface area contributed by atoms with Crippen molar-refractivity contribution < 1.29 is 4.79 Å². The quantitative estimate of drug-likeness (QED) is 0.725. The topological polar surface area (TPSA) is 87.4 Å². The van der Waals surface area contributed by atoms with E-state index < -0.39 is 0 Å². The Morgan fingerprint density at radius 3 is 2.68 bits per heavy atom. The number of anilines is 2. The largest absolute Gasteiger partial charge is 0.383 e. The summed E-state index contributed by atoms with van der Waals surface area (Å²) >= 11 is 0. The van der Waals surface area contributed by atoms with Gasteiger partial charge < -0.3 is 16.0 Å². The van der Waals surface area contributed by atoms with Crippen LogP contribution in [-0.4, -0.2) is 65.4 Å². The van der Waals surface area contributed by atoms with Crippen molar-refractivity contribution >= 4 is 28.3 Å². The van der Waals surface area contributed by atoms with Gasteiger partial charge in [-0.2, -0.15) is 0 Å². The number of hydrogen-bond acceptors (Lipinski definition) is 6. The lowest BCUT2D eigenvalue weighted by atomic mass is 10.1. The Labute approximate surface area is 164 Å². The summed E-state index contributed by atoms with van der Waals surface area (Å²) in [4.78, 5) is 25.9. The molecule has 0 spiro atoms. The Bertz CT molecular complexity index is 997. The zero-order valence-electron chi connectivity index (χ0n) is 15.9. The van der Waals surface area contributed by atoms with Crippen LogP contribution in [0.2, 0.25) is 0 Å². The lowest BCUT2D eigenvalue weighted by Gasteiger charge is -2.31. The number of amides is 1. The number of nitrogens with two attached hydrogens (primary N) is 1. The SMILES string of the molecule is CN1CCN(CC(=O)Nc2cccc(-c3nc(N)c4ccccc4n3)c2)CC1. The summed E-state index contributed by atoms with van der Waals surface area (Å²) in [5.74, 6) is 0.983. The number of aromatic nitrogens is 2. The first-order chi connectivity index (χ1) is 13.6. The van der Waals surface area contributed by atoms with E-state index in [4.69, 9.17) is 5.73 Å². The fraction of sp³-hybridized carbons (Fsp3) is 0.286. The predicted octanol–water partition coefficient (Wildman–Crippen LogP) is 2.06. The molecule has 3 aromatic rings. The number of hydrogen-bond donors (Lipinski definition) is 2. The van der Waals surface area contributed by atoms with Gasteiger partial charge in [0.25, 0.3) is 0 Å². The summed E-state index contributed by atoms with van der Waals surface area (Å²) in [6, 6.07) is 15.2. The molecule has 144 valence electrons. The normalized spacial score (nSPS) is 15.6. The standard InChI is InChI=1S/C21H24N6O/c1-26-9-11-27(12-10-26)14-19(28)23-16-6-4-5-15(13-16)21-24-18-8-3-2-7-17(18)20(22)25-21/h2-8,13H,9-12,14H2,1H3,(H,23,28)(H2,22,24,25). The minimum atomic E-state index is -0.0133. The van der Waals surface area contributed by atoms with E-state index in [-0.39, 0.29) is 5.91 Å². The maximum absolute atomic E-state index is 12.4. The van der Waals surface area contributed by atoms with E-state index in [1.807, 2.05) is 48.5 Å². The van der Waals surface area contributed by atoms with Crippen molar-refractivity contribution in [3.63, 3.8) is 0 Å². The average Bonchev–Trinajstić information content (AvgIpc) is 2.70. The number of rotatable bonds is 4. The van der Waals surface area contributed by atoms with Gasteiger partial charge in [0.1, 0.15) is 5.82 Å². The molecule has 0 saturated carbocycles. The van der Waals surface area contributed by atoms with Gasteiger partial charge in [0.05, 0.1) is 12.1 Å². The van der Waals surface area contributed by atoms with Crippen molar-refractivity contribution in [3.05, 3.63) is 48.5 Å². The summed E-state index contributed by atoms with van der Waals surface area (Å²) in [6.07, 6.45) is 0. The van der Waals surface area contributed by atoms with Crippen LogP contribution in [0.4, 0.5) is 11.5 Å². The fourth-order valence-electron chi connectivity index (χ4n) is 3.38. The number of nitrogen functional groups attached to an aromatic ring is 1. The highest BCUT2D eigenvalue weighted by molar-refractivity contribution is 5.93. The van der Waals surface area contributed by atoms with Crippen molar-refractivity contribution in [2.45, 2.75) is 0 Å². The monoisotopic (exact) mass is 376 g/mol. The third kappa shape index (κ3) is 4.11. The third-order valence-corrected chi connectivity index (χ3v) is 5.00. The second-order valence-corrected chi connectivity index (χ2v) is 7.16. The van der Waals surface area contributed by atoms with Crippen LogP contribution in [-0.2, 0) is 4.79 Å². The van der Waals surface area contributed by atoms with Gasteiger partial charge in [-0.05, 0) is 31.3 Å². The van der Waals surface area contributed by atoms with Crippen LogP contribution in [0.25, 0.3) is 22.3 Å². The highest BCUT2D eigenvalue weighted by atomic mass is 16.2. The number of likely N-dealkylation sites (N-methyl/N-ethyl adjacent to an activating group) is 1. The number of carbonyl (C=O) groups excluding carboxylic acids is 1. The van der Waals surface area contributed by atoms with Gasteiger partial charge in [-0.25, -0.2) is 9.97 Å². The van der Waals surface area contributed by atoms with Gasteiger partial charge >= 0.3 is 0 Å². The summed E-state index contributed by atoms with van der Waals surface area (Å²) in [6.45, 7) is 4.20. The number of nitrogens with one attached hydrogen (secondary N) is 1. The zero-order valence-corrected chi connectivity index (χ0v) is 15.9. The molecule has 1 aliphatic rings. The first kappa shape index (κ1) is 18.3. The molecule has 1 fully saturated rings. The minimum Gasteiger partial charge on any atom is -0.383 e. The Morgan fingerprint density at radius 1 is 1.07 bits per heavy atom. The van der Waals surface area contributed by atoms with Crippen LogP contribution in [0.5, 0.6) is 0 Å². The first-order valence-corrected chi connectivity index (χ1v) is 9.42. The third-order valence-electron chi connectivity index (χ3n) is 5.00. The number of fused-ring (bicyclic) bond motifs is 1. The smallest absolute Gasteiger partial charge is 0.238 e. The highest BCUT2D eigenvalue weighted by Crippen LogP contribution is 2.24. The van der Waals surface area contributed by atoms with Crippen LogP contribution in [0, 0.1) is 0 Å². The molecular weight excluding hydrogens is 352 g/mol. The van der Waals surface area contributed by atoms with Gasteiger partial charge in [0, 0.05) is 42.8 Å². The molecule has 1 amide bonds.